The fourth-order valence-electron chi connectivity index (χ4n) is 0.515. The number of allylic oxidation sites excluding steroid dienone is 4. The summed E-state index contributed by atoms with van der Waals surface area (Å²) >= 11 is 1.27. The van der Waals surface area contributed by atoms with Crippen molar-refractivity contribution in [2.75, 3.05) is 0 Å². The Hall–Kier alpha value is 0.800. The summed E-state index contributed by atoms with van der Waals surface area (Å²) < 4.78 is 1.56. The average Bonchev–Trinajstić information content (AvgIpc) is 2.15. The molecule has 0 aliphatic heterocycles. The Balaban J connectivity index is -0.000000124. The fourth-order valence-corrected chi connectivity index (χ4v) is 0.515. The molecule has 0 nitrogen and oxygen atoms in total. The molecule has 0 fully saturated rings. The molecule has 3 heteroatoms. The van der Waals surface area contributed by atoms with Crippen molar-refractivity contribution >= 4 is 3.26 Å². The molecule has 1 rings (SSSR count). The van der Waals surface area contributed by atoms with Gasteiger partial charge in [0.25, 0.3) is 0 Å². The van der Waals surface area contributed by atoms with Crippen LogP contribution in [0.3, 0.4) is 0 Å². The van der Waals surface area contributed by atoms with Gasteiger partial charge in [-0.05, 0) is 0 Å². The van der Waals surface area contributed by atoms with Crippen LogP contribution in [0.15, 0.2) is 17.7 Å². The van der Waals surface area contributed by atoms with Crippen LogP contribution in [-0.2, 0) is 23.9 Å². The zero-order valence-electron chi connectivity index (χ0n) is 7.62. The SMILES string of the molecule is CC1=[C-]CC=C1.C[C](C)=[Hf+2].[Cl-].[Cl-]. The molecule has 0 amide bonds. The summed E-state index contributed by atoms with van der Waals surface area (Å²) in [5, 5.41) is 0. The molecule has 0 aromatic carbocycles. The first-order valence-corrected chi connectivity index (χ1v) is 5.18. The number of rotatable bonds is 0. The predicted octanol–water partition coefficient (Wildman–Crippen LogP) is -3.55. The Labute approximate surface area is 102 Å². The Kier molecular flexibility index (Phi) is 18.2. The van der Waals surface area contributed by atoms with E-state index in [9.17, 15) is 0 Å². The van der Waals surface area contributed by atoms with Gasteiger partial charge in [0, 0.05) is 0 Å². The van der Waals surface area contributed by atoms with Crippen LogP contribution in [0, 0.1) is 6.08 Å². The van der Waals surface area contributed by atoms with Crippen molar-refractivity contribution in [2.45, 2.75) is 27.2 Å². The summed E-state index contributed by atoms with van der Waals surface area (Å²) in [4.78, 5) is 0. The van der Waals surface area contributed by atoms with Gasteiger partial charge >= 0.3 is 41.0 Å². The van der Waals surface area contributed by atoms with E-state index in [1.807, 2.05) is 0 Å². The molecule has 0 atom stereocenters. The molecular weight excluding hydrogens is 357 g/mol. The maximum absolute atomic E-state index is 3.12. The number of hydrogen-bond acceptors (Lipinski definition) is 0. The van der Waals surface area contributed by atoms with Crippen molar-refractivity contribution in [3.05, 3.63) is 23.8 Å². The second kappa shape index (κ2) is 11.8. The second-order valence-electron chi connectivity index (χ2n) is 2.47. The number of hydrogen-bond donors (Lipinski definition) is 0. The van der Waals surface area contributed by atoms with Crippen LogP contribution >= 0.6 is 0 Å². The van der Waals surface area contributed by atoms with E-state index in [4.69, 9.17) is 0 Å². The molecule has 0 N–H and O–H groups in total. The maximum atomic E-state index is 3.12. The van der Waals surface area contributed by atoms with Crippen LogP contribution in [0.25, 0.3) is 0 Å². The average molecular weight is 371 g/mol. The van der Waals surface area contributed by atoms with Crippen LogP contribution in [0.2, 0.25) is 0 Å². The zero-order chi connectivity index (χ0) is 7.98. The van der Waals surface area contributed by atoms with E-state index >= 15 is 0 Å². The number of halogens is 2. The molecule has 1 aliphatic rings. The molecule has 0 unspecified atom stereocenters. The molecule has 0 bridgehead atoms. The molecule has 0 saturated carbocycles. The minimum atomic E-state index is 0. The van der Waals surface area contributed by atoms with E-state index in [0.29, 0.717) is 0 Å². The van der Waals surface area contributed by atoms with Crippen LogP contribution in [0.4, 0.5) is 0 Å². The Morgan fingerprint density at radius 1 is 1.42 bits per heavy atom. The summed E-state index contributed by atoms with van der Waals surface area (Å²) in [5.74, 6) is 0. The van der Waals surface area contributed by atoms with Gasteiger partial charge in [0.05, 0.1) is 0 Å². The third kappa shape index (κ3) is 17.0. The topological polar surface area (TPSA) is 0 Å². The standard InChI is InChI=1S/C6H7.C3H6.2ClH.Hf/c1-6-4-2-3-5-6;1-3-2;;;/h2,4H,3H2,1H3;1-2H3;2*1H;/q-1;;;;+2/p-2. The Morgan fingerprint density at radius 2 is 1.83 bits per heavy atom. The molecule has 68 valence electrons. The van der Waals surface area contributed by atoms with Crippen molar-refractivity contribution in [2.24, 2.45) is 0 Å². The molecule has 1 aliphatic carbocycles. The van der Waals surface area contributed by atoms with Crippen LogP contribution in [-0.4, -0.2) is 3.26 Å². The molecule has 0 aromatic rings. The van der Waals surface area contributed by atoms with Crippen LogP contribution < -0.4 is 24.8 Å². The van der Waals surface area contributed by atoms with Gasteiger partial charge in [-0.25, -0.2) is 11.6 Å². The van der Waals surface area contributed by atoms with Crippen LogP contribution in [0.1, 0.15) is 27.2 Å². The van der Waals surface area contributed by atoms with Gasteiger partial charge in [0.1, 0.15) is 0 Å². The van der Waals surface area contributed by atoms with E-state index in [1.54, 1.807) is 3.26 Å². The van der Waals surface area contributed by atoms with E-state index < -0.39 is 0 Å². The van der Waals surface area contributed by atoms with Gasteiger partial charge in [0.15, 0.2) is 0 Å². The first kappa shape index (κ1) is 18.6. The van der Waals surface area contributed by atoms with Crippen molar-refractivity contribution in [3.8, 4) is 0 Å². The van der Waals surface area contributed by atoms with Gasteiger partial charge in [-0.2, -0.15) is 6.08 Å². The molecular formula is C9H13Cl2Hf-. The van der Waals surface area contributed by atoms with Crippen molar-refractivity contribution in [1.29, 1.82) is 0 Å². The second-order valence-corrected chi connectivity index (χ2v) is 6.06. The van der Waals surface area contributed by atoms with Gasteiger partial charge < -0.3 is 24.8 Å². The smallest absolute Gasteiger partial charge is 1.00 e. The molecule has 0 spiro atoms. The minimum Gasteiger partial charge on any atom is -1.00 e. The zero-order valence-corrected chi connectivity index (χ0v) is 12.7. The summed E-state index contributed by atoms with van der Waals surface area (Å²) in [6, 6.07) is 0. The van der Waals surface area contributed by atoms with E-state index in [-0.39, 0.29) is 24.8 Å². The largest absolute Gasteiger partial charge is 1.00 e. The third-order valence-electron chi connectivity index (χ3n) is 0.867. The summed E-state index contributed by atoms with van der Waals surface area (Å²) in [6.45, 7) is 6.35. The summed E-state index contributed by atoms with van der Waals surface area (Å²) in [7, 11) is 0. The van der Waals surface area contributed by atoms with Crippen molar-refractivity contribution < 1.29 is 48.7 Å². The van der Waals surface area contributed by atoms with Gasteiger partial charge in [-0.1, -0.05) is 6.92 Å². The van der Waals surface area contributed by atoms with Gasteiger partial charge in [-0.3, -0.25) is 6.08 Å². The van der Waals surface area contributed by atoms with Gasteiger partial charge in [0.2, 0.25) is 0 Å². The van der Waals surface area contributed by atoms with E-state index in [2.05, 4.69) is 39.0 Å². The van der Waals surface area contributed by atoms with Crippen molar-refractivity contribution in [3.63, 3.8) is 0 Å². The molecule has 0 aromatic heterocycles. The molecule has 12 heavy (non-hydrogen) atoms. The van der Waals surface area contributed by atoms with Crippen LogP contribution in [0.5, 0.6) is 0 Å². The normalized spacial score (nSPS) is 11.6. The Bertz CT molecular complexity index is 165. The predicted molar refractivity (Wildman–Crippen MR) is 42.5 cm³/mol. The molecule has 0 heterocycles. The maximum Gasteiger partial charge on any atom is -1.00 e. The first-order valence-electron chi connectivity index (χ1n) is 3.38. The van der Waals surface area contributed by atoms with Crippen molar-refractivity contribution in [1.82, 2.24) is 0 Å². The van der Waals surface area contributed by atoms with Gasteiger partial charge in [-0.15, -0.1) is 6.42 Å². The first-order chi connectivity index (χ1) is 4.63. The Morgan fingerprint density at radius 3 is 1.92 bits per heavy atom. The monoisotopic (exact) mass is 371 g/mol. The molecule has 0 radical (unpaired) electrons. The fraction of sp³-hybridized carbons (Fsp3) is 0.444. The third-order valence-corrected chi connectivity index (χ3v) is 0.867. The van der Waals surface area contributed by atoms with E-state index in [0.717, 1.165) is 6.42 Å². The summed E-state index contributed by atoms with van der Waals surface area (Å²) in [5.41, 5.74) is 1.27. The summed E-state index contributed by atoms with van der Waals surface area (Å²) in [6.07, 6.45) is 8.33. The quantitative estimate of drug-likeness (QED) is 0.306. The molecule has 0 saturated heterocycles. The minimum absolute atomic E-state index is 0. The van der Waals surface area contributed by atoms with E-state index in [1.165, 1.54) is 29.5 Å².